The first-order chi connectivity index (χ1) is 12.6. The number of aliphatic imine (C=N–C) groups is 1. The standard InChI is InChI=1S/C22H21N3O/c1-15-10-11-23-22(15)18-6-4-8-20(13-18)26-21-9-5-7-19(14-21)25-17(3)12-16(2)24-25/h4-15H,1-3H3. The van der Waals surface area contributed by atoms with Crippen molar-refractivity contribution in [3.63, 3.8) is 0 Å². The van der Waals surface area contributed by atoms with E-state index in [1.54, 1.807) is 0 Å². The molecule has 130 valence electrons. The molecule has 0 N–H and O–H groups in total. The second-order valence-corrected chi connectivity index (χ2v) is 6.61. The van der Waals surface area contributed by atoms with Crippen LogP contribution in [0.25, 0.3) is 5.69 Å². The molecule has 3 aromatic rings. The quantitative estimate of drug-likeness (QED) is 0.650. The fourth-order valence-electron chi connectivity index (χ4n) is 3.22. The Labute approximate surface area is 153 Å². The minimum atomic E-state index is 0.333. The minimum absolute atomic E-state index is 0.333. The van der Waals surface area contributed by atoms with Crippen LogP contribution in [0.2, 0.25) is 0 Å². The third-order valence-corrected chi connectivity index (χ3v) is 4.46. The Hall–Kier alpha value is -3.14. The summed E-state index contributed by atoms with van der Waals surface area (Å²) in [5, 5.41) is 4.54. The average molecular weight is 343 g/mol. The predicted octanol–water partition coefficient (Wildman–Crippen LogP) is 5.23. The van der Waals surface area contributed by atoms with E-state index in [0.29, 0.717) is 5.92 Å². The van der Waals surface area contributed by atoms with Gasteiger partial charge in [-0.05, 0) is 44.2 Å². The molecule has 2 aromatic carbocycles. The largest absolute Gasteiger partial charge is 0.457 e. The molecule has 4 nitrogen and oxygen atoms in total. The number of allylic oxidation sites excluding steroid dienone is 1. The van der Waals surface area contributed by atoms with Crippen molar-refractivity contribution in [2.75, 3.05) is 0 Å². The number of hydrogen-bond acceptors (Lipinski definition) is 3. The van der Waals surface area contributed by atoms with Crippen LogP contribution in [0.1, 0.15) is 23.9 Å². The SMILES string of the molecule is Cc1cc(C)n(-c2cccc(Oc3cccc(C4=NC=CC4C)c3)c2)n1. The van der Waals surface area contributed by atoms with Crippen LogP contribution in [0.5, 0.6) is 11.5 Å². The maximum Gasteiger partial charge on any atom is 0.129 e. The molecule has 0 saturated carbocycles. The normalized spacial score (nSPS) is 16.0. The van der Waals surface area contributed by atoms with E-state index in [4.69, 9.17) is 4.74 Å². The summed E-state index contributed by atoms with van der Waals surface area (Å²) >= 11 is 0. The van der Waals surface area contributed by atoms with Crippen LogP contribution >= 0.6 is 0 Å². The van der Waals surface area contributed by atoms with E-state index in [0.717, 1.165) is 39.8 Å². The average Bonchev–Trinajstić information content (AvgIpc) is 3.20. The van der Waals surface area contributed by atoms with Gasteiger partial charge in [0.2, 0.25) is 0 Å². The van der Waals surface area contributed by atoms with E-state index >= 15 is 0 Å². The lowest BCUT2D eigenvalue weighted by Gasteiger charge is -2.11. The number of benzene rings is 2. The van der Waals surface area contributed by atoms with Crippen molar-refractivity contribution < 1.29 is 4.74 Å². The van der Waals surface area contributed by atoms with Gasteiger partial charge in [-0.25, -0.2) is 4.68 Å². The van der Waals surface area contributed by atoms with Crippen molar-refractivity contribution in [1.29, 1.82) is 0 Å². The Kier molecular flexibility index (Phi) is 4.17. The molecule has 0 fully saturated rings. The van der Waals surface area contributed by atoms with Gasteiger partial charge in [0, 0.05) is 29.4 Å². The molecule has 1 aliphatic heterocycles. The molecule has 0 aliphatic carbocycles. The lowest BCUT2D eigenvalue weighted by molar-refractivity contribution is 0.482. The summed E-state index contributed by atoms with van der Waals surface area (Å²) in [6, 6.07) is 18.1. The Morgan fingerprint density at radius 1 is 0.962 bits per heavy atom. The Bertz CT molecular complexity index is 1010. The van der Waals surface area contributed by atoms with Gasteiger partial charge in [-0.15, -0.1) is 0 Å². The van der Waals surface area contributed by atoms with Gasteiger partial charge in [-0.1, -0.05) is 31.2 Å². The highest BCUT2D eigenvalue weighted by Crippen LogP contribution is 2.26. The predicted molar refractivity (Wildman–Crippen MR) is 104 cm³/mol. The summed E-state index contributed by atoms with van der Waals surface area (Å²) in [7, 11) is 0. The number of rotatable bonds is 4. The van der Waals surface area contributed by atoms with Crippen molar-refractivity contribution in [2.24, 2.45) is 10.9 Å². The number of nitrogens with zero attached hydrogens (tertiary/aromatic N) is 3. The first kappa shape index (κ1) is 16.3. The van der Waals surface area contributed by atoms with Gasteiger partial charge in [0.1, 0.15) is 11.5 Å². The maximum atomic E-state index is 6.11. The number of hydrogen-bond donors (Lipinski definition) is 0. The number of ether oxygens (including phenoxy) is 1. The van der Waals surface area contributed by atoms with Gasteiger partial charge in [0.15, 0.2) is 0 Å². The smallest absolute Gasteiger partial charge is 0.129 e. The summed E-state index contributed by atoms with van der Waals surface area (Å²) < 4.78 is 8.04. The second-order valence-electron chi connectivity index (χ2n) is 6.61. The van der Waals surface area contributed by atoms with Crippen LogP contribution in [0.4, 0.5) is 0 Å². The fraction of sp³-hybridized carbons (Fsp3) is 0.182. The van der Waals surface area contributed by atoms with E-state index in [1.165, 1.54) is 0 Å². The highest BCUT2D eigenvalue weighted by molar-refractivity contribution is 6.04. The van der Waals surface area contributed by atoms with Crippen LogP contribution in [0.15, 0.2) is 71.9 Å². The van der Waals surface area contributed by atoms with Gasteiger partial charge in [0.25, 0.3) is 0 Å². The topological polar surface area (TPSA) is 39.4 Å². The van der Waals surface area contributed by atoms with Crippen LogP contribution in [-0.2, 0) is 0 Å². The zero-order valence-electron chi connectivity index (χ0n) is 15.2. The minimum Gasteiger partial charge on any atom is -0.457 e. The van der Waals surface area contributed by atoms with Gasteiger partial charge >= 0.3 is 0 Å². The van der Waals surface area contributed by atoms with Crippen molar-refractivity contribution in [1.82, 2.24) is 9.78 Å². The van der Waals surface area contributed by atoms with E-state index in [9.17, 15) is 0 Å². The van der Waals surface area contributed by atoms with Crippen LogP contribution in [0, 0.1) is 19.8 Å². The van der Waals surface area contributed by atoms with Crippen molar-refractivity contribution in [3.8, 4) is 17.2 Å². The summed E-state index contributed by atoms with van der Waals surface area (Å²) in [5.41, 5.74) is 5.26. The van der Waals surface area contributed by atoms with Gasteiger partial charge < -0.3 is 4.74 Å². The van der Waals surface area contributed by atoms with E-state index in [1.807, 2.05) is 60.3 Å². The summed E-state index contributed by atoms with van der Waals surface area (Å²) in [6.07, 6.45) is 3.96. The first-order valence-electron chi connectivity index (χ1n) is 8.76. The van der Waals surface area contributed by atoms with Gasteiger partial charge in [0.05, 0.1) is 17.1 Å². The first-order valence-corrected chi connectivity index (χ1v) is 8.76. The van der Waals surface area contributed by atoms with E-state index < -0.39 is 0 Å². The summed E-state index contributed by atoms with van der Waals surface area (Å²) in [4.78, 5) is 4.47. The molecule has 0 spiro atoms. The monoisotopic (exact) mass is 343 g/mol. The van der Waals surface area contributed by atoms with E-state index in [2.05, 4.69) is 42.1 Å². The molecule has 2 heterocycles. The summed E-state index contributed by atoms with van der Waals surface area (Å²) in [5.74, 6) is 1.92. The lowest BCUT2D eigenvalue weighted by atomic mass is 10.00. The summed E-state index contributed by atoms with van der Waals surface area (Å²) in [6.45, 7) is 6.19. The highest BCUT2D eigenvalue weighted by atomic mass is 16.5. The molecule has 1 aromatic heterocycles. The van der Waals surface area contributed by atoms with Crippen molar-refractivity contribution in [3.05, 3.63) is 83.8 Å². The Morgan fingerprint density at radius 2 is 1.73 bits per heavy atom. The molecule has 1 aliphatic rings. The molecule has 1 unspecified atom stereocenters. The number of aromatic nitrogens is 2. The maximum absolute atomic E-state index is 6.11. The van der Waals surface area contributed by atoms with Crippen molar-refractivity contribution in [2.45, 2.75) is 20.8 Å². The fourth-order valence-corrected chi connectivity index (χ4v) is 3.22. The van der Waals surface area contributed by atoms with E-state index in [-0.39, 0.29) is 0 Å². The third-order valence-electron chi connectivity index (χ3n) is 4.46. The molecule has 4 heteroatoms. The van der Waals surface area contributed by atoms with Crippen LogP contribution < -0.4 is 4.74 Å². The zero-order valence-corrected chi connectivity index (χ0v) is 15.2. The molecule has 0 bridgehead atoms. The van der Waals surface area contributed by atoms with Crippen LogP contribution in [-0.4, -0.2) is 15.5 Å². The Morgan fingerprint density at radius 3 is 2.42 bits per heavy atom. The third kappa shape index (κ3) is 3.18. The van der Waals surface area contributed by atoms with Gasteiger partial charge in [-0.2, -0.15) is 5.10 Å². The Balaban J connectivity index is 1.60. The highest BCUT2D eigenvalue weighted by Gasteiger charge is 2.14. The molecule has 0 radical (unpaired) electrons. The second kappa shape index (κ2) is 6.64. The number of aryl methyl sites for hydroxylation is 2. The zero-order chi connectivity index (χ0) is 18.1. The molecule has 0 amide bonds. The lowest BCUT2D eigenvalue weighted by Crippen LogP contribution is -2.06. The van der Waals surface area contributed by atoms with Gasteiger partial charge in [-0.3, -0.25) is 4.99 Å². The molecule has 4 rings (SSSR count). The van der Waals surface area contributed by atoms with Crippen molar-refractivity contribution >= 4 is 5.71 Å². The molecular formula is C22H21N3O. The molecule has 1 atom stereocenters. The van der Waals surface area contributed by atoms with Crippen LogP contribution in [0.3, 0.4) is 0 Å². The molecule has 0 saturated heterocycles. The molecule has 26 heavy (non-hydrogen) atoms. The molecular weight excluding hydrogens is 322 g/mol.